The van der Waals surface area contributed by atoms with Crippen molar-refractivity contribution in [2.45, 2.75) is 18.1 Å². The third-order valence-electron chi connectivity index (χ3n) is 5.38. The summed E-state index contributed by atoms with van der Waals surface area (Å²) < 4.78 is 86.5. The number of halogens is 4. The molecule has 0 saturated carbocycles. The van der Waals surface area contributed by atoms with Crippen LogP contribution in [-0.2, 0) is 22.2 Å². The van der Waals surface area contributed by atoms with Crippen molar-refractivity contribution in [3.8, 4) is 28.2 Å². The molecule has 10 nitrogen and oxygen atoms in total. The van der Waals surface area contributed by atoms with Gasteiger partial charge in [0.25, 0.3) is 0 Å². The lowest BCUT2D eigenvalue weighted by atomic mass is 9.98. The van der Waals surface area contributed by atoms with Crippen LogP contribution in [0.1, 0.15) is 23.1 Å². The summed E-state index contributed by atoms with van der Waals surface area (Å²) in [4.78, 5) is 20.2. The van der Waals surface area contributed by atoms with Crippen LogP contribution in [0.4, 0.5) is 29.1 Å². The monoisotopic (exact) mass is 595 g/mol. The minimum atomic E-state index is -5.03. The molecule has 0 fully saturated rings. The van der Waals surface area contributed by atoms with E-state index in [4.69, 9.17) is 10.5 Å². The first-order valence-corrected chi connectivity index (χ1v) is 13.6. The fourth-order valence-corrected chi connectivity index (χ4v) is 4.63. The van der Waals surface area contributed by atoms with E-state index in [9.17, 15) is 31.1 Å². The molecule has 4 rings (SSSR count). The van der Waals surface area contributed by atoms with Crippen LogP contribution in [0.5, 0.6) is 0 Å². The fraction of sp³-hybridized carbons (Fsp3) is 0.167. The van der Waals surface area contributed by atoms with Gasteiger partial charge in [-0.1, -0.05) is 12.1 Å². The standard InChI is InChI=1S/C24H20F4N6O4S2/c1-3-38-22(35)17-19(29)34(32-21(17)39-2)20-16(13-5-4-6-15(11-13)33-40(36)37)18(12-7-9-14(25)10-8-12)30-23(31-20)24(26,27)28/h4-11,33H,3,29H2,1-2H3,(H,36,37)/p-1. The van der Waals surface area contributed by atoms with Gasteiger partial charge in [-0.3, -0.25) is 4.21 Å². The zero-order valence-corrected chi connectivity index (χ0v) is 22.3. The van der Waals surface area contributed by atoms with E-state index in [1.807, 2.05) is 0 Å². The number of nitrogens with two attached hydrogens (primary N) is 1. The summed E-state index contributed by atoms with van der Waals surface area (Å²) in [6, 6.07) is 10.2. The van der Waals surface area contributed by atoms with Crippen molar-refractivity contribution in [2.24, 2.45) is 0 Å². The number of benzene rings is 2. The van der Waals surface area contributed by atoms with E-state index in [2.05, 4.69) is 19.8 Å². The van der Waals surface area contributed by atoms with E-state index in [-0.39, 0.29) is 51.1 Å². The molecule has 4 aromatic rings. The van der Waals surface area contributed by atoms with Crippen molar-refractivity contribution in [3.63, 3.8) is 0 Å². The van der Waals surface area contributed by atoms with E-state index in [0.29, 0.717) is 0 Å². The van der Waals surface area contributed by atoms with Crippen molar-refractivity contribution in [1.29, 1.82) is 0 Å². The second-order valence-electron chi connectivity index (χ2n) is 7.92. The number of thioether (sulfide) groups is 1. The van der Waals surface area contributed by atoms with E-state index < -0.39 is 40.9 Å². The van der Waals surface area contributed by atoms with E-state index in [1.165, 1.54) is 36.4 Å². The van der Waals surface area contributed by atoms with Gasteiger partial charge in [0.2, 0.25) is 5.82 Å². The first kappa shape index (κ1) is 29.0. The van der Waals surface area contributed by atoms with Gasteiger partial charge in [0.05, 0.1) is 17.9 Å². The number of aromatic nitrogens is 4. The van der Waals surface area contributed by atoms with Gasteiger partial charge in [-0.05, 0) is 55.1 Å². The van der Waals surface area contributed by atoms with Crippen molar-refractivity contribution < 1.29 is 35.9 Å². The molecule has 0 saturated heterocycles. The van der Waals surface area contributed by atoms with Crippen molar-refractivity contribution >= 4 is 40.5 Å². The molecule has 2 heterocycles. The number of nitrogens with zero attached hydrogens (tertiary/aromatic N) is 4. The molecule has 0 amide bonds. The molecule has 0 radical (unpaired) electrons. The Labute approximate surface area is 231 Å². The van der Waals surface area contributed by atoms with Crippen LogP contribution in [0, 0.1) is 5.82 Å². The number of hydrogen-bond acceptors (Lipinski definition) is 9. The van der Waals surface area contributed by atoms with Crippen LogP contribution in [0.2, 0.25) is 0 Å². The average Bonchev–Trinajstić information content (AvgIpc) is 3.24. The molecule has 0 aliphatic rings. The highest BCUT2D eigenvalue weighted by Gasteiger charge is 2.38. The van der Waals surface area contributed by atoms with Crippen LogP contribution in [-0.4, -0.2) is 47.3 Å². The summed E-state index contributed by atoms with van der Waals surface area (Å²) in [6.07, 6.45) is -3.45. The van der Waals surface area contributed by atoms with E-state index in [0.717, 1.165) is 28.6 Å². The van der Waals surface area contributed by atoms with E-state index >= 15 is 0 Å². The Morgan fingerprint density at radius 2 is 1.88 bits per heavy atom. The Bertz CT molecular complexity index is 1600. The lowest BCUT2D eigenvalue weighted by Gasteiger charge is -2.18. The normalized spacial score (nSPS) is 12.3. The number of nitrogens with one attached hydrogen (secondary N) is 1. The maximum atomic E-state index is 14.1. The predicted octanol–water partition coefficient (Wildman–Crippen LogP) is 4.84. The van der Waals surface area contributed by atoms with Gasteiger partial charge >= 0.3 is 12.1 Å². The number of carbonyl (C=O) groups excluding carboxylic acids is 1. The smallest absolute Gasteiger partial charge is 0.451 e. The number of rotatable bonds is 8. The topological polar surface area (TPSA) is 148 Å². The molecule has 2 aromatic carbocycles. The molecule has 1 unspecified atom stereocenters. The van der Waals surface area contributed by atoms with Crippen LogP contribution >= 0.6 is 11.8 Å². The summed E-state index contributed by atoms with van der Waals surface area (Å²) in [5, 5.41) is 4.32. The van der Waals surface area contributed by atoms with Crippen molar-refractivity contribution in [3.05, 3.63) is 65.7 Å². The molecule has 0 aliphatic heterocycles. The average molecular weight is 596 g/mol. The molecule has 2 aromatic heterocycles. The maximum absolute atomic E-state index is 14.1. The Morgan fingerprint density at radius 3 is 2.48 bits per heavy atom. The quantitative estimate of drug-likeness (QED) is 0.126. The van der Waals surface area contributed by atoms with Gasteiger partial charge in [0.15, 0.2) is 5.82 Å². The van der Waals surface area contributed by atoms with Crippen LogP contribution in [0.25, 0.3) is 28.2 Å². The minimum Gasteiger partial charge on any atom is -0.755 e. The number of ether oxygens (including phenoxy) is 1. The molecule has 210 valence electrons. The van der Waals surface area contributed by atoms with Gasteiger partial charge in [-0.25, -0.2) is 19.2 Å². The second kappa shape index (κ2) is 11.6. The second-order valence-corrected chi connectivity index (χ2v) is 9.39. The Balaban J connectivity index is 2.14. The molecule has 1 atom stereocenters. The zero-order chi connectivity index (χ0) is 29.2. The summed E-state index contributed by atoms with van der Waals surface area (Å²) in [5.41, 5.74) is 6.06. The molecule has 3 N–H and O–H groups in total. The molecule has 40 heavy (non-hydrogen) atoms. The number of anilines is 2. The minimum absolute atomic E-state index is 0.00382. The summed E-state index contributed by atoms with van der Waals surface area (Å²) >= 11 is -1.70. The molecule has 0 bridgehead atoms. The number of alkyl halides is 3. The maximum Gasteiger partial charge on any atom is 0.451 e. The Kier molecular flexibility index (Phi) is 8.41. The summed E-state index contributed by atoms with van der Waals surface area (Å²) in [6.45, 7) is 1.57. The van der Waals surface area contributed by atoms with Gasteiger partial charge in [-0.2, -0.15) is 23.0 Å². The number of carbonyl (C=O) groups is 1. The van der Waals surface area contributed by atoms with Gasteiger partial charge in [-0.15, -0.1) is 11.8 Å². The molecular formula is C24H19F4N6O4S2-. The van der Waals surface area contributed by atoms with Gasteiger partial charge in [0.1, 0.15) is 22.2 Å². The molecule has 0 aliphatic carbocycles. The van der Waals surface area contributed by atoms with Crippen molar-refractivity contribution in [2.75, 3.05) is 23.3 Å². The molecule has 16 heteroatoms. The lowest BCUT2D eigenvalue weighted by molar-refractivity contribution is -0.144. The first-order chi connectivity index (χ1) is 18.9. The third kappa shape index (κ3) is 5.93. The van der Waals surface area contributed by atoms with Crippen molar-refractivity contribution in [1.82, 2.24) is 19.7 Å². The van der Waals surface area contributed by atoms with Gasteiger partial charge < -0.3 is 19.7 Å². The molecular weight excluding hydrogens is 576 g/mol. The van der Waals surface area contributed by atoms with Crippen LogP contribution in [0.3, 0.4) is 0 Å². The highest BCUT2D eigenvalue weighted by Crippen LogP contribution is 2.40. The van der Waals surface area contributed by atoms with E-state index in [1.54, 1.807) is 13.2 Å². The Hall–Kier alpha value is -4.02. The highest BCUT2D eigenvalue weighted by atomic mass is 32.2. The van der Waals surface area contributed by atoms with Gasteiger partial charge in [0, 0.05) is 22.5 Å². The fourth-order valence-electron chi connectivity index (χ4n) is 3.76. The number of nitrogen functional groups attached to an aromatic ring is 1. The number of hydrogen-bond donors (Lipinski definition) is 2. The van der Waals surface area contributed by atoms with Crippen LogP contribution < -0.4 is 10.5 Å². The largest absolute Gasteiger partial charge is 0.755 e. The number of esters is 1. The molecule has 0 spiro atoms. The highest BCUT2D eigenvalue weighted by molar-refractivity contribution is 7.98. The Morgan fingerprint density at radius 1 is 1.18 bits per heavy atom. The third-order valence-corrected chi connectivity index (χ3v) is 6.45. The first-order valence-electron chi connectivity index (χ1n) is 11.3. The van der Waals surface area contributed by atoms with Crippen LogP contribution in [0.15, 0.2) is 53.6 Å². The predicted molar refractivity (Wildman–Crippen MR) is 140 cm³/mol. The SMILES string of the molecule is CCOC(=O)c1c(SC)nn(-c2nc(C(F)(F)F)nc(-c3ccc(F)cc3)c2-c2cccc(NS(=O)[O-])c2)c1N. The zero-order valence-electron chi connectivity index (χ0n) is 20.7. The lowest BCUT2D eigenvalue weighted by Crippen LogP contribution is -2.17. The summed E-state index contributed by atoms with van der Waals surface area (Å²) in [7, 11) is 0. The summed E-state index contributed by atoms with van der Waals surface area (Å²) in [5.74, 6) is -3.86.